The van der Waals surface area contributed by atoms with E-state index in [9.17, 15) is 9.90 Å². The molecule has 0 aliphatic heterocycles. The van der Waals surface area contributed by atoms with Gasteiger partial charge in [0.05, 0.1) is 5.41 Å². The predicted molar refractivity (Wildman–Crippen MR) is 59.6 cm³/mol. The second-order valence-electron chi connectivity index (χ2n) is 3.90. The maximum atomic E-state index is 11.2. The van der Waals surface area contributed by atoms with Crippen molar-refractivity contribution >= 4 is 29.2 Å². The van der Waals surface area contributed by atoms with E-state index in [2.05, 4.69) is 0 Å². The molecule has 0 unspecified atom stereocenters. The van der Waals surface area contributed by atoms with Crippen molar-refractivity contribution in [1.82, 2.24) is 0 Å². The van der Waals surface area contributed by atoms with Gasteiger partial charge >= 0.3 is 5.97 Å². The lowest BCUT2D eigenvalue weighted by Gasteiger charge is -2.38. The van der Waals surface area contributed by atoms with Crippen LogP contribution in [-0.4, -0.2) is 11.1 Å². The normalized spacial score (nSPS) is 18.3. The number of carboxylic acids is 1. The van der Waals surface area contributed by atoms with Crippen LogP contribution in [-0.2, 0) is 10.2 Å². The fourth-order valence-corrected chi connectivity index (χ4v) is 2.51. The average Bonchev–Trinajstić information content (AvgIpc) is 1.97. The Hall–Kier alpha value is -0.730. The molecule has 2 nitrogen and oxygen atoms in total. The second kappa shape index (κ2) is 3.69. The molecule has 1 aliphatic rings. The highest BCUT2D eigenvalue weighted by Gasteiger charge is 2.46. The standard InChI is InChI=1S/C11H10Cl2O2/c12-8-4-7(5-9(13)6-8)11(10(14)15)2-1-3-11/h4-6H,1-3H2,(H,14,15). The smallest absolute Gasteiger partial charge is 0.314 e. The minimum absolute atomic E-state index is 0.491. The van der Waals surface area contributed by atoms with Crippen LogP contribution in [0.1, 0.15) is 24.8 Å². The minimum Gasteiger partial charge on any atom is -0.481 e. The Kier molecular flexibility index (Phi) is 2.65. The van der Waals surface area contributed by atoms with Crippen molar-refractivity contribution in [2.24, 2.45) is 0 Å². The summed E-state index contributed by atoms with van der Waals surface area (Å²) in [7, 11) is 0. The Bertz CT molecular complexity index is 391. The van der Waals surface area contributed by atoms with E-state index >= 15 is 0 Å². The first-order chi connectivity index (χ1) is 7.04. The van der Waals surface area contributed by atoms with Crippen LogP contribution in [0.3, 0.4) is 0 Å². The molecule has 15 heavy (non-hydrogen) atoms. The highest BCUT2D eigenvalue weighted by molar-refractivity contribution is 6.34. The first kappa shape index (κ1) is 10.8. The van der Waals surface area contributed by atoms with Gasteiger partial charge in [-0.2, -0.15) is 0 Å². The molecule has 1 aromatic rings. The van der Waals surface area contributed by atoms with Crippen LogP contribution in [0.25, 0.3) is 0 Å². The Morgan fingerprint density at radius 2 is 1.73 bits per heavy atom. The van der Waals surface area contributed by atoms with Gasteiger partial charge in [0.15, 0.2) is 0 Å². The van der Waals surface area contributed by atoms with E-state index in [0.29, 0.717) is 22.9 Å². The number of carbonyl (C=O) groups is 1. The highest BCUT2D eigenvalue weighted by atomic mass is 35.5. The molecule has 1 aromatic carbocycles. The van der Waals surface area contributed by atoms with E-state index in [1.807, 2.05) is 0 Å². The van der Waals surface area contributed by atoms with E-state index < -0.39 is 11.4 Å². The molecule has 0 saturated heterocycles. The van der Waals surface area contributed by atoms with E-state index in [4.69, 9.17) is 23.2 Å². The zero-order valence-corrected chi connectivity index (χ0v) is 9.48. The van der Waals surface area contributed by atoms with Gasteiger partial charge in [0.25, 0.3) is 0 Å². The molecule has 0 amide bonds. The fourth-order valence-electron chi connectivity index (χ4n) is 1.99. The van der Waals surface area contributed by atoms with Crippen molar-refractivity contribution < 1.29 is 9.90 Å². The molecule has 1 fully saturated rings. The molecular weight excluding hydrogens is 235 g/mol. The van der Waals surface area contributed by atoms with Crippen LogP contribution in [0.5, 0.6) is 0 Å². The molecule has 1 aliphatic carbocycles. The molecular formula is C11H10Cl2O2. The highest BCUT2D eigenvalue weighted by Crippen LogP contribution is 2.45. The number of aliphatic carboxylic acids is 1. The summed E-state index contributed by atoms with van der Waals surface area (Å²) in [5, 5.41) is 10.2. The average molecular weight is 245 g/mol. The Balaban J connectivity index is 2.47. The molecule has 0 spiro atoms. The van der Waals surface area contributed by atoms with Gasteiger partial charge in [0.2, 0.25) is 0 Å². The SMILES string of the molecule is O=C(O)C1(c2cc(Cl)cc(Cl)c2)CCC1. The molecule has 1 saturated carbocycles. The van der Waals surface area contributed by atoms with E-state index in [-0.39, 0.29) is 0 Å². The van der Waals surface area contributed by atoms with Crippen LogP contribution >= 0.6 is 23.2 Å². The summed E-state index contributed by atoms with van der Waals surface area (Å²) in [5.41, 5.74) is -0.0344. The van der Waals surface area contributed by atoms with Crippen molar-refractivity contribution in [3.05, 3.63) is 33.8 Å². The molecule has 0 bridgehead atoms. The first-order valence-corrected chi connectivity index (χ1v) is 5.50. The largest absolute Gasteiger partial charge is 0.481 e. The molecule has 2 rings (SSSR count). The summed E-state index contributed by atoms with van der Waals surface area (Å²) in [6, 6.07) is 5.00. The number of hydrogen-bond acceptors (Lipinski definition) is 1. The lowest BCUT2D eigenvalue weighted by molar-refractivity contribution is -0.147. The number of benzene rings is 1. The summed E-state index contributed by atoms with van der Waals surface area (Å²) in [6.45, 7) is 0. The molecule has 0 heterocycles. The summed E-state index contributed by atoms with van der Waals surface area (Å²) in [5.74, 6) is -0.785. The van der Waals surface area contributed by atoms with E-state index in [1.54, 1.807) is 18.2 Å². The minimum atomic E-state index is -0.785. The van der Waals surface area contributed by atoms with Gasteiger partial charge in [-0.25, -0.2) is 0 Å². The van der Waals surface area contributed by atoms with Crippen LogP contribution in [0.4, 0.5) is 0 Å². The van der Waals surface area contributed by atoms with Gasteiger partial charge in [0.1, 0.15) is 0 Å². The zero-order valence-electron chi connectivity index (χ0n) is 7.96. The lowest BCUT2D eigenvalue weighted by atomic mass is 9.64. The Morgan fingerprint density at radius 3 is 2.07 bits per heavy atom. The third-order valence-electron chi connectivity index (χ3n) is 3.03. The van der Waals surface area contributed by atoms with Crippen molar-refractivity contribution in [3.63, 3.8) is 0 Å². The molecule has 80 valence electrons. The molecule has 0 atom stereocenters. The number of hydrogen-bond donors (Lipinski definition) is 1. The Labute approximate surface area is 97.8 Å². The Morgan fingerprint density at radius 1 is 1.20 bits per heavy atom. The summed E-state index contributed by atoms with van der Waals surface area (Å²) < 4.78 is 0. The lowest BCUT2D eigenvalue weighted by Crippen LogP contribution is -2.42. The van der Waals surface area contributed by atoms with Crippen molar-refractivity contribution in [3.8, 4) is 0 Å². The zero-order chi connectivity index (χ0) is 11.1. The van der Waals surface area contributed by atoms with Crippen LogP contribution < -0.4 is 0 Å². The van der Waals surface area contributed by atoms with Gasteiger partial charge in [-0.3, -0.25) is 4.79 Å². The third-order valence-corrected chi connectivity index (χ3v) is 3.47. The quantitative estimate of drug-likeness (QED) is 0.865. The number of halogens is 2. The first-order valence-electron chi connectivity index (χ1n) is 4.74. The van der Waals surface area contributed by atoms with Gasteiger partial charge in [-0.05, 0) is 36.6 Å². The number of carboxylic acid groups (broad SMARTS) is 1. The van der Waals surface area contributed by atoms with Crippen molar-refractivity contribution in [2.45, 2.75) is 24.7 Å². The van der Waals surface area contributed by atoms with Crippen molar-refractivity contribution in [1.29, 1.82) is 0 Å². The second-order valence-corrected chi connectivity index (χ2v) is 4.77. The van der Waals surface area contributed by atoms with Crippen molar-refractivity contribution in [2.75, 3.05) is 0 Å². The summed E-state index contributed by atoms with van der Waals surface area (Å²) in [6.07, 6.45) is 2.27. The topological polar surface area (TPSA) is 37.3 Å². The van der Waals surface area contributed by atoms with E-state index in [0.717, 1.165) is 12.0 Å². The maximum Gasteiger partial charge on any atom is 0.314 e. The predicted octanol–water partition coefficient (Wildman–Crippen LogP) is 3.50. The van der Waals surface area contributed by atoms with Crippen LogP contribution in [0, 0.1) is 0 Å². The van der Waals surface area contributed by atoms with Gasteiger partial charge < -0.3 is 5.11 Å². The van der Waals surface area contributed by atoms with E-state index in [1.165, 1.54) is 0 Å². The summed E-state index contributed by atoms with van der Waals surface area (Å²) >= 11 is 11.7. The van der Waals surface area contributed by atoms with Crippen LogP contribution in [0.15, 0.2) is 18.2 Å². The molecule has 0 aromatic heterocycles. The van der Waals surface area contributed by atoms with Crippen LogP contribution in [0.2, 0.25) is 10.0 Å². The monoisotopic (exact) mass is 244 g/mol. The van der Waals surface area contributed by atoms with Gasteiger partial charge in [-0.15, -0.1) is 0 Å². The number of rotatable bonds is 2. The molecule has 0 radical (unpaired) electrons. The fraction of sp³-hybridized carbons (Fsp3) is 0.364. The molecule has 4 heteroatoms. The summed E-state index contributed by atoms with van der Waals surface area (Å²) in [4.78, 5) is 11.2. The molecule has 1 N–H and O–H groups in total. The third kappa shape index (κ3) is 1.72. The maximum absolute atomic E-state index is 11.2. The van der Waals surface area contributed by atoms with Gasteiger partial charge in [0, 0.05) is 10.0 Å². The van der Waals surface area contributed by atoms with Gasteiger partial charge in [-0.1, -0.05) is 29.6 Å².